The molecule has 0 spiro atoms. The highest BCUT2D eigenvalue weighted by Gasteiger charge is 2.33. The van der Waals surface area contributed by atoms with Crippen LogP contribution in [0, 0.1) is 0 Å². The van der Waals surface area contributed by atoms with E-state index in [4.69, 9.17) is 4.74 Å². The van der Waals surface area contributed by atoms with Crippen LogP contribution < -0.4 is 10.6 Å². The first-order valence-electron chi connectivity index (χ1n) is 8.06. The Morgan fingerprint density at radius 1 is 1.30 bits per heavy atom. The van der Waals surface area contributed by atoms with Gasteiger partial charge in [0.25, 0.3) is 0 Å². The maximum Gasteiger partial charge on any atom is 0.237 e. The van der Waals surface area contributed by atoms with Crippen LogP contribution in [0.4, 0.5) is 0 Å². The molecule has 0 saturated carbocycles. The van der Waals surface area contributed by atoms with Gasteiger partial charge in [0.15, 0.2) is 0 Å². The van der Waals surface area contributed by atoms with Gasteiger partial charge < -0.3 is 15.4 Å². The van der Waals surface area contributed by atoms with Crippen molar-refractivity contribution >= 4 is 5.91 Å². The van der Waals surface area contributed by atoms with Crippen molar-refractivity contribution in [1.29, 1.82) is 0 Å². The van der Waals surface area contributed by atoms with E-state index in [0.717, 1.165) is 52.0 Å². The first-order valence-corrected chi connectivity index (χ1v) is 8.06. The Hall–Kier alpha value is -0.650. The van der Waals surface area contributed by atoms with Gasteiger partial charge >= 0.3 is 0 Å². The van der Waals surface area contributed by atoms with E-state index in [1.165, 1.54) is 19.3 Å². The quantitative estimate of drug-likeness (QED) is 0.706. The number of hydrogen-bond acceptors (Lipinski definition) is 4. The third-order valence-electron chi connectivity index (χ3n) is 4.44. The average molecular weight is 283 g/mol. The van der Waals surface area contributed by atoms with E-state index in [2.05, 4.69) is 15.5 Å². The summed E-state index contributed by atoms with van der Waals surface area (Å²) in [5.41, 5.74) is 0. The van der Waals surface area contributed by atoms with Crippen LogP contribution in [-0.4, -0.2) is 62.8 Å². The second kappa shape index (κ2) is 8.60. The maximum atomic E-state index is 12.2. The van der Waals surface area contributed by atoms with E-state index in [0.29, 0.717) is 6.04 Å². The molecule has 2 fully saturated rings. The van der Waals surface area contributed by atoms with Gasteiger partial charge in [0.1, 0.15) is 0 Å². The van der Waals surface area contributed by atoms with Gasteiger partial charge in [0.2, 0.25) is 5.91 Å². The van der Waals surface area contributed by atoms with E-state index in [1.807, 2.05) is 0 Å². The molecular formula is C15H29N3O2. The van der Waals surface area contributed by atoms with Crippen molar-refractivity contribution < 1.29 is 9.53 Å². The Morgan fingerprint density at radius 2 is 2.15 bits per heavy atom. The minimum Gasteiger partial charge on any atom is -0.383 e. The predicted octanol–water partition coefficient (Wildman–Crippen LogP) is 0.746. The standard InChI is InChI=1S/C15H29N3O2/c1-20-11-9-16-12-13-6-3-5-10-18(13)14-7-2-4-8-17-15(14)19/h13-14,16H,2-12H2,1H3,(H,17,19). The molecule has 2 N–H and O–H groups in total. The lowest BCUT2D eigenvalue weighted by molar-refractivity contribution is -0.127. The summed E-state index contributed by atoms with van der Waals surface area (Å²) in [4.78, 5) is 14.7. The van der Waals surface area contributed by atoms with Crippen molar-refractivity contribution in [2.45, 2.75) is 50.6 Å². The molecule has 2 rings (SSSR count). The zero-order valence-electron chi connectivity index (χ0n) is 12.7. The van der Waals surface area contributed by atoms with Gasteiger partial charge in [-0.15, -0.1) is 0 Å². The number of nitrogens with zero attached hydrogens (tertiary/aromatic N) is 1. The summed E-state index contributed by atoms with van der Waals surface area (Å²) in [7, 11) is 1.73. The second-order valence-corrected chi connectivity index (χ2v) is 5.89. The van der Waals surface area contributed by atoms with Gasteiger partial charge in [-0.3, -0.25) is 9.69 Å². The number of rotatable bonds is 6. The highest BCUT2D eigenvalue weighted by molar-refractivity contribution is 5.82. The van der Waals surface area contributed by atoms with Gasteiger partial charge in [0, 0.05) is 32.8 Å². The number of piperidine rings is 1. The Kier molecular flexibility index (Phi) is 6.76. The fourth-order valence-corrected chi connectivity index (χ4v) is 3.33. The van der Waals surface area contributed by atoms with Crippen LogP contribution >= 0.6 is 0 Å². The van der Waals surface area contributed by atoms with Gasteiger partial charge in [-0.2, -0.15) is 0 Å². The summed E-state index contributed by atoms with van der Waals surface area (Å²) in [5, 5.41) is 6.53. The van der Waals surface area contributed by atoms with Crippen molar-refractivity contribution in [3.63, 3.8) is 0 Å². The minimum absolute atomic E-state index is 0.0898. The molecule has 2 unspecified atom stereocenters. The summed E-state index contributed by atoms with van der Waals surface area (Å²) in [6, 6.07) is 0.585. The molecule has 5 heteroatoms. The van der Waals surface area contributed by atoms with E-state index >= 15 is 0 Å². The zero-order valence-corrected chi connectivity index (χ0v) is 12.7. The predicted molar refractivity (Wildman–Crippen MR) is 79.7 cm³/mol. The summed E-state index contributed by atoms with van der Waals surface area (Å²) >= 11 is 0. The number of likely N-dealkylation sites (tertiary alicyclic amines) is 1. The first-order chi connectivity index (χ1) is 9.83. The summed E-state index contributed by atoms with van der Waals surface area (Å²) in [5.74, 6) is 0.242. The molecule has 0 aliphatic carbocycles. The van der Waals surface area contributed by atoms with Crippen LogP contribution in [0.3, 0.4) is 0 Å². The van der Waals surface area contributed by atoms with Crippen LogP contribution in [0.2, 0.25) is 0 Å². The number of amides is 1. The third-order valence-corrected chi connectivity index (χ3v) is 4.44. The molecule has 2 atom stereocenters. The summed E-state index contributed by atoms with van der Waals surface area (Å²) in [6.45, 7) is 4.51. The Morgan fingerprint density at radius 3 is 3.00 bits per heavy atom. The molecule has 5 nitrogen and oxygen atoms in total. The van der Waals surface area contributed by atoms with E-state index in [1.54, 1.807) is 7.11 Å². The second-order valence-electron chi connectivity index (χ2n) is 5.89. The minimum atomic E-state index is 0.0898. The van der Waals surface area contributed by atoms with Crippen LogP contribution in [0.1, 0.15) is 38.5 Å². The van der Waals surface area contributed by atoms with E-state index in [-0.39, 0.29) is 11.9 Å². The Bertz CT molecular complexity index is 299. The maximum absolute atomic E-state index is 12.2. The van der Waals surface area contributed by atoms with Gasteiger partial charge in [0.05, 0.1) is 12.6 Å². The molecule has 20 heavy (non-hydrogen) atoms. The molecule has 0 radical (unpaired) electrons. The molecular weight excluding hydrogens is 254 g/mol. The summed E-state index contributed by atoms with van der Waals surface area (Å²) in [6.07, 6.45) is 6.99. The smallest absolute Gasteiger partial charge is 0.237 e. The molecule has 116 valence electrons. The third kappa shape index (κ3) is 4.43. The SMILES string of the molecule is COCCNCC1CCCCN1C1CCCCNC1=O. The highest BCUT2D eigenvalue weighted by Crippen LogP contribution is 2.23. The first kappa shape index (κ1) is 15.7. The van der Waals surface area contributed by atoms with Crippen molar-refractivity contribution in [3.8, 4) is 0 Å². The van der Waals surface area contributed by atoms with Crippen molar-refractivity contribution in [1.82, 2.24) is 15.5 Å². The van der Waals surface area contributed by atoms with Crippen LogP contribution in [0.25, 0.3) is 0 Å². The number of nitrogens with one attached hydrogen (secondary N) is 2. The van der Waals surface area contributed by atoms with Crippen molar-refractivity contribution in [2.24, 2.45) is 0 Å². The summed E-state index contributed by atoms with van der Waals surface area (Å²) < 4.78 is 5.07. The molecule has 0 bridgehead atoms. The molecule has 1 amide bonds. The molecule has 0 aromatic rings. The number of carbonyl (C=O) groups is 1. The monoisotopic (exact) mass is 283 g/mol. The van der Waals surface area contributed by atoms with E-state index in [9.17, 15) is 4.79 Å². The fraction of sp³-hybridized carbons (Fsp3) is 0.933. The molecule has 0 aromatic carbocycles. The molecule has 2 aliphatic rings. The lowest BCUT2D eigenvalue weighted by Crippen LogP contribution is -2.55. The average Bonchev–Trinajstić information content (AvgIpc) is 2.69. The number of ether oxygens (including phenoxy) is 1. The van der Waals surface area contributed by atoms with Crippen molar-refractivity contribution in [2.75, 3.05) is 39.9 Å². The zero-order chi connectivity index (χ0) is 14.2. The van der Waals surface area contributed by atoms with Crippen LogP contribution in [-0.2, 0) is 9.53 Å². The number of hydrogen-bond donors (Lipinski definition) is 2. The fourth-order valence-electron chi connectivity index (χ4n) is 3.33. The molecule has 2 saturated heterocycles. The number of carbonyl (C=O) groups excluding carboxylic acids is 1. The van der Waals surface area contributed by atoms with Gasteiger partial charge in [-0.05, 0) is 38.6 Å². The van der Waals surface area contributed by atoms with Crippen molar-refractivity contribution in [3.05, 3.63) is 0 Å². The Labute approximate surface area is 122 Å². The van der Waals surface area contributed by atoms with Gasteiger partial charge in [-0.1, -0.05) is 6.42 Å². The molecule has 0 aromatic heterocycles. The largest absolute Gasteiger partial charge is 0.383 e. The molecule has 2 heterocycles. The normalized spacial score (nSPS) is 28.9. The van der Waals surface area contributed by atoms with E-state index < -0.39 is 0 Å². The Balaban J connectivity index is 1.89. The lowest BCUT2D eigenvalue weighted by atomic mass is 9.97. The van der Waals surface area contributed by atoms with Gasteiger partial charge in [-0.25, -0.2) is 0 Å². The lowest BCUT2D eigenvalue weighted by Gasteiger charge is -2.40. The highest BCUT2D eigenvalue weighted by atomic mass is 16.5. The molecule has 2 aliphatic heterocycles. The van der Waals surface area contributed by atoms with Crippen LogP contribution in [0.15, 0.2) is 0 Å². The topological polar surface area (TPSA) is 53.6 Å². The van der Waals surface area contributed by atoms with Crippen LogP contribution in [0.5, 0.6) is 0 Å². The number of methoxy groups -OCH3 is 1.